The molecule has 122 valence electrons. The van der Waals surface area contributed by atoms with Gasteiger partial charge in [0.25, 0.3) is 0 Å². The van der Waals surface area contributed by atoms with Crippen LogP contribution in [0.3, 0.4) is 0 Å². The summed E-state index contributed by atoms with van der Waals surface area (Å²) in [4.78, 5) is 1.29. The molecule has 23 heavy (non-hydrogen) atoms. The molecule has 1 aliphatic heterocycles. The van der Waals surface area contributed by atoms with Gasteiger partial charge in [-0.05, 0) is 36.1 Å². The molecule has 0 N–H and O–H groups in total. The lowest BCUT2D eigenvalue weighted by molar-refractivity contribution is -0.0500. The molecule has 0 aromatic heterocycles. The minimum Gasteiger partial charge on any atom is -0.375 e. The van der Waals surface area contributed by atoms with Gasteiger partial charge < -0.3 is 4.18 Å². The summed E-state index contributed by atoms with van der Waals surface area (Å²) in [7, 11) is -5.69. The Morgan fingerprint density at radius 2 is 1.61 bits per heavy atom. The van der Waals surface area contributed by atoms with Crippen molar-refractivity contribution in [1.82, 2.24) is 0 Å². The Balaban J connectivity index is 2.04. The normalized spacial score (nSPS) is 14.6. The van der Waals surface area contributed by atoms with E-state index >= 15 is 0 Å². The van der Waals surface area contributed by atoms with Gasteiger partial charge in [-0.25, -0.2) is 0 Å². The third-order valence-electron chi connectivity index (χ3n) is 3.39. The predicted molar refractivity (Wildman–Crippen MR) is 80.0 cm³/mol. The lowest BCUT2D eigenvalue weighted by Gasteiger charge is -2.14. The second-order valence-corrected chi connectivity index (χ2v) is 7.53. The van der Waals surface area contributed by atoms with Gasteiger partial charge in [-0.3, -0.25) is 0 Å². The van der Waals surface area contributed by atoms with Gasteiger partial charge in [0.05, 0.1) is 4.90 Å². The van der Waals surface area contributed by atoms with Gasteiger partial charge in [0.2, 0.25) is 0 Å². The molecule has 0 saturated heterocycles. The molecule has 3 rings (SSSR count). The summed E-state index contributed by atoms with van der Waals surface area (Å²) in [6.07, 6.45) is 1.33. The van der Waals surface area contributed by atoms with Gasteiger partial charge >= 0.3 is 15.6 Å². The van der Waals surface area contributed by atoms with E-state index in [4.69, 9.17) is 0 Å². The van der Waals surface area contributed by atoms with E-state index in [1.807, 2.05) is 24.3 Å². The van der Waals surface area contributed by atoms with Crippen molar-refractivity contribution in [3.05, 3.63) is 53.6 Å². The SMILES string of the molecule is O=S(=O)(Oc1cccc2c1Sc1ccccc1CC2)C(F)(F)F. The van der Waals surface area contributed by atoms with Gasteiger partial charge in [0.1, 0.15) is 0 Å². The summed E-state index contributed by atoms with van der Waals surface area (Å²) in [6.45, 7) is 0. The lowest BCUT2D eigenvalue weighted by atomic mass is 10.0. The molecular formula is C15H11F3O3S2. The first-order chi connectivity index (χ1) is 10.8. The summed E-state index contributed by atoms with van der Waals surface area (Å²) in [6, 6.07) is 12.0. The van der Waals surface area contributed by atoms with Crippen molar-refractivity contribution in [3.63, 3.8) is 0 Å². The van der Waals surface area contributed by atoms with E-state index in [0.717, 1.165) is 22.4 Å². The first-order valence-electron chi connectivity index (χ1n) is 6.66. The van der Waals surface area contributed by atoms with Crippen molar-refractivity contribution in [1.29, 1.82) is 0 Å². The number of halogens is 3. The molecule has 0 atom stereocenters. The summed E-state index contributed by atoms with van der Waals surface area (Å²) in [5.74, 6) is -0.290. The van der Waals surface area contributed by atoms with Crippen molar-refractivity contribution in [2.45, 2.75) is 28.1 Å². The van der Waals surface area contributed by atoms with E-state index in [1.165, 1.54) is 23.9 Å². The average molecular weight is 360 g/mol. The van der Waals surface area contributed by atoms with Crippen LogP contribution >= 0.6 is 11.8 Å². The zero-order valence-corrected chi connectivity index (χ0v) is 13.3. The molecule has 2 aromatic rings. The van der Waals surface area contributed by atoms with Crippen LogP contribution in [0.15, 0.2) is 52.3 Å². The Morgan fingerprint density at radius 1 is 0.957 bits per heavy atom. The summed E-state index contributed by atoms with van der Waals surface area (Å²) >= 11 is 1.22. The fraction of sp³-hybridized carbons (Fsp3) is 0.200. The van der Waals surface area contributed by atoms with Crippen molar-refractivity contribution >= 4 is 21.9 Å². The number of hydrogen-bond donors (Lipinski definition) is 0. The van der Waals surface area contributed by atoms with E-state index in [2.05, 4.69) is 4.18 Å². The van der Waals surface area contributed by atoms with Gasteiger partial charge in [-0.2, -0.15) is 21.6 Å². The van der Waals surface area contributed by atoms with Crippen LogP contribution in [0.4, 0.5) is 13.2 Å². The second kappa shape index (κ2) is 5.76. The maximum absolute atomic E-state index is 12.6. The Hall–Kier alpha value is -1.67. The smallest absolute Gasteiger partial charge is 0.375 e. The Kier molecular flexibility index (Phi) is 4.05. The van der Waals surface area contributed by atoms with Crippen LogP contribution in [-0.4, -0.2) is 13.9 Å². The monoisotopic (exact) mass is 360 g/mol. The molecule has 0 radical (unpaired) electrons. The van der Waals surface area contributed by atoms with Crippen LogP contribution < -0.4 is 4.18 Å². The standard InChI is InChI=1S/C15H11F3O3S2/c16-15(17,18)23(19,20)21-12-6-3-5-11-9-8-10-4-1-2-7-13(10)22-14(11)12/h1-7H,8-9H2. The first-order valence-corrected chi connectivity index (χ1v) is 8.89. The number of hydrogen-bond acceptors (Lipinski definition) is 4. The molecule has 1 heterocycles. The van der Waals surface area contributed by atoms with Crippen molar-refractivity contribution < 1.29 is 25.8 Å². The first kappa shape index (κ1) is 16.2. The fourth-order valence-corrected chi connectivity index (χ4v) is 4.00. The van der Waals surface area contributed by atoms with Gasteiger partial charge in [0.15, 0.2) is 5.75 Å². The van der Waals surface area contributed by atoms with Crippen molar-refractivity contribution in [2.24, 2.45) is 0 Å². The Labute approximate surface area is 135 Å². The van der Waals surface area contributed by atoms with E-state index in [0.29, 0.717) is 11.3 Å². The third kappa shape index (κ3) is 3.18. The number of aryl methyl sites for hydroxylation is 2. The third-order valence-corrected chi connectivity index (χ3v) is 5.64. The summed E-state index contributed by atoms with van der Waals surface area (Å²) in [5, 5.41) is 0. The summed E-state index contributed by atoms with van der Waals surface area (Å²) < 4.78 is 64.6. The van der Waals surface area contributed by atoms with Gasteiger partial charge in [-0.1, -0.05) is 42.1 Å². The average Bonchev–Trinajstić information content (AvgIpc) is 2.66. The highest BCUT2D eigenvalue weighted by atomic mass is 32.2. The van der Waals surface area contributed by atoms with Gasteiger partial charge in [-0.15, -0.1) is 0 Å². The Bertz CT molecular complexity index is 845. The van der Waals surface area contributed by atoms with E-state index in [1.54, 1.807) is 6.07 Å². The molecule has 0 saturated carbocycles. The van der Waals surface area contributed by atoms with E-state index < -0.39 is 15.6 Å². The topological polar surface area (TPSA) is 43.4 Å². The summed E-state index contributed by atoms with van der Waals surface area (Å²) in [5.41, 5.74) is -3.62. The van der Waals surface area contributed by atoms with Crippen LogP contribution in [0, 0.1) is 0 Å². The zero-order chi connectivity index (χ0) is 16.7. The second-order valence-electron chi connectivity index (χ2n) is 4.94. The zero-order valence-electron chi connectivity index (χ0n) is 11.6. The number of rotatable bonds is 2. The van der Waals surface area contributed by atoms with Crippen molar-refractivity contribution in [3.8, 4) is 5.75 Å². The highest BCUT2D eigenvalue weighted by Crippen LogP contribution is 2.43. The number of alkyl halides is 3. The molecule has 0 unspecified atom stereocenters. The molecular weight excluding hydrogens is 349 g/mol. The van der Waals surface area contributed by atoms with Gasteiger partial charge in [0, 0.05) is 4.90 Å². The van der Waals surface area contributed by atoms with Crippen LogP contribution in [0.1, 0.15) is 11.1 Å². The largest absolute Gasteiger partial charge is 0.534 e. The molecule has 0 fully saturated rings. The van der Waals surface area contributed by atoms with Crippen LogP contribution in [0.5, 0.6) is 5.75 Å². The fourth-order valence-electron chi connectivity index (χ4n) is 2.29. The molecule has 1 aliphatic rings. The molecule has 0 bridgehead atoms. The quantitative estimate of drug-likeness (QED) is 0.596. The molecule has 0 aliphatic carbocycles. The van der Waals surface area contributed by atoms with Crippen LogP contribution in [0.25, 0.3) is 0 Å². The van der Waals surface area contributed by atoms with Crippen LogP contribution in [0.2, 0.25) is 0 Å². The Morgan fingerprint density at radius 3 is 2.35 bits per heavy atom. The highest BCUT2D eigenvalue weighted by Gasteiger charge is 2.49. The molecule has 2 aromatic carbocycles. The lowest BCUT2D eigenvalue weighted by Crippen LogP contribution is -2.28. The number of fused-ring (bicyclic) bond motifs is 2. The predicted octanol–water partition coefficient (Wildman–Crippen LogP) is 4.16. The highest BCUT2D eigenvalue weighted by molar-refractivity contribution is 7.99. The molecule has 8 heteroatoms. The minimum absolute atomic E-state index is 0.290. The van der Waals surface area contributed by atoms with Crippen LogP contribution in [-0.2, 0) is 23.0 Å². The maximum Gasteiger partial charge on any atom is 0.534 e. The van der Waals surface area contributed by atoms with Crippen molar-refractivity contribution in [2.75, 3.05) is 0 Å². The molecule has 0 spiro atoms. The minimum atomic E-state index is -5.69. The number of benzene rings is 2. The maximum atomic E-state index is 12.6. The molecule has 0 amide bonds. The van der Waals surface area contributed by atoms with E-state index in [-0.39, 0.29) is 5.75 Å². The molecule has 3 nitrogen and oxygen atoms in total. The van der Waals surface area contributed by atoms with E-state index in [9.17, 15) is 21.6 Å².